The van der Waals surface area contributed by atoms with Crippen molar-refractivity contribution in [3.63, 3.8) is 0 Å². The predicted octanol–water partition coefficient (Wildman–Crippen LogP) is 7.43. The van der Waals surface area contributed by atoms with Gasteiger partial charge in [0.15, 0.2) is 0 Å². The van der Waals surface area contributed by atoms with Gasteiger partial charge in [-0.1, -0.05) is 42.3 Å². The molecular formula is C32H29Cl2N3O3. The summed E-state index contributed by atoms with van der Waals surface area (Å²) in [6.07, 6.45) is 3.99. The molecule has 6 nitrogen and oxygen atoms in total. The van der Waals surface area contributed by atoms with Crippen molar-refractivity contribution in [1.82, 2.24) is 4.90 Å². The zero-order valence-electron chi connectivity index (χ0n) is 22.1. The van der Waals surface area contributed by atoms with Crippen LogP contribution in [-0.2, 0) is 11.2 Å². The lowest BCUT2D eigenvalue weighted by Gasteiger charge is -2.36. The molecule has 1 aliphatic heterocycles. The Balaban J connectivity index is 1.12. The Morgan fingerprint density at radius 3 is 2.30 bits per heavy atom. The number of hydrogen-bond donors (Lipinski definition) is 1. The maximum absolute atomic E-state index is 12.9. The number of carbonyl (C=O) groups excluding carboxylic acids is 2. The number of anilines is 2. The minimum absolute atomic E-state index is 0.0768. The maximum atomic E-state index is 12.9. The third-order valence-electron chi connectivity index (χ3n) is 6.90. The van der Waals surface area contributed by atoms with Crippen molar-refractivity contribution in [2.24, 2.45) is 0 Å². The third-order valence-corrected chi connectivity index (χ3v) is 7.45. The van der Waals surface area contributed by atoms with E-state index in [2.05, 4.69) is 17.1 Å². The molecule has 5 rings (SSSR count). The van der Waals surface area contributed by atoms with Crippen LogP contribution in [0.1, 0.15) is 28.6 Å². The van der Waals surface area contributed by atoms with Crippen LogP contribution in [0.3, 0.4) is 0 Å². The molecule has 1 N–H and O–H groups in total. The molecule has 0 radical (unpaired) electrons. The quantitative estimate of drug-likeness (QED) is 0.233. The SMILES string of the molecule is CCc1ccc(C(=O)N2CCN(c3ccc(NC(=O)/C=C/c4ccc(-c5ccc(Cl)cc5Cl)o4)cc3)CC2)cc1. The molecule has 1 fully saturated rings. The van der Waals surface area contributed by atoms with Crippen LogP contribution < -0.4 is 10.2 Å². The fourth-order valence-corrected chi connectivity index (χ4v) is 5.11. The summed E-state index contributed by atoms with van der Waals surface area (Å²) in [5.41, 5.74) is 4.43. The molecular weight excluding hydrogens is 545 g/mol. The van der Waals surface area contributed by atoms with Crippen LogP contribution in [0.25, 0.3) is 17.4 Å². The van der Waals surface area contributed by atoms with E-state index in [0.717, 1.165) is 36.3 Å². The Labute approximate surface area is 243 Å². The van der Waals surface area contributed by atoms with Gasteiger partial charge in [-0.15, -0.1) is 0 Å². The Hall–Kier alpha value is -4.00. The molecule has 3 aromatic carbocycles. The number of nitrogens with zero attached hydrogens (tertiary/aromatic N) is 2. The fraction of sp³-hybridized carbons (Fsp3) is 0.188. The zero-order valence-corrected chi connectivity index (χ0v) is 23.6. The summed E-state index contributed by atoms with van der Waals surface area (Å²) in [6.45, 7) is 4.93. The topological polar surface area (TPSA) is 65.8 Å². The highest BCUT2D eigenvalue weighted by Gasteiger charge is 2.22. The number of hydrogen-bond acceptors (Lipinski definition) is 4. The molecule has 1 saturated heterocycles. The van der Waals surface area contributed by atoms with Gasteiger partial charge in [0.1, 0.15) is 11.5 Å². The van der Waals surface area contributed by atoms with Crippen LogP contribution in [0, 0.1) is 0 Å². The van der Waals surface area contributed by atoms with Gasteiger partial charge < -0.3 is 19.5 Å². The third kappa shape index (κ3) is 6.58. The highest BCUT2D eigenvalue weighted by molar-refractivity contribution is 6.36. The molecule has 0 unspecified atom stereocenters. The van der Waals surface area contributed by atoms with Crippen LogP contribution in [0.15, 0.2) is 89.4 Å². The second-order valence-corrected chi connectivity index (χ2v) is 10.4. The van der Waals surface area contributed by atoms with E-state index in [9.17, 15) is 9.59 Å². The minimum atomic E-state index is -0.269. The predicted molar refractivity (Wildman–Crippen MR) is 162 cm³/mol. The van der Waals surface area contributed by atoms with Crippen molar-refractivity contribution in [3.05, 3.63) is 112 Å². The largest absolute Gasteiger partial charge is 0.457 e. The molecule has 0 saturated carbocycles. The number of halogens is 2. The van der Waals surface area contributed by atoms with Crippen molar-refractivity contribution in [1.29, 1.82) is 0 Å². The van der Waals surface area contributed by atoms with Crippen molar-refractivity contribution < 1.29 is 14.0 Å². The number of benzene rings is 3. The second-order valence-electron chi connectivity index (χ2n) is 9.53. The summed E-state index contributed by atoms with van der Waals surface area (Å²) >= 11 is 12.2. The first-order valence-corrected chi connectivity index (χ1v) is 13.9. The number of amides is 2. The zero-order chi connectivity index (χ0) is 28.1. The highest BCUT2D eigenvalue weighted by atomic mass is 35.5. The van der Waals surface area contributed by atoms with E-state index in [1.807, 2.05) is 53.4 Å². The van der Waals surface area contributed by atoms with Gasteiger partial charge in [0.25, 0.3) is 5.91 Å². The summed E-state index contributed by atoms with van der Waals surface area (Å²) in [5.74, 6) is 0.928. The van der Waals surface area contributed by atoms with Crippen LogP contribution >= 0.6 is 23.2 Å². The molecule has 40 heavy (non-hydrogen) atoms. The smallest absolute Gasteiger partial charge is 0.253 e. The first-order chi connectivity index (χ1) is 19.4. The average molecular weight is 575 g/mol. The van der Waals surface area contributed by atoms with Gasteiger partial charge in [-0.2, -0.15) is 0 Å². The summed E-state index contributed by atoms with van der Waals surface area (Å²) in [7, 11) is 0. The van der Waals surface area contributed by atoms with Gasteiger partial charge >= 0.3 is 0 Å². The molecule has 1 aromatic heterocycles. The Bertz CT molecular complexity index is 1520. The Morgan fingerprint density at radius 1 is 0.900 bits per heavy atom. The first kappa shape index (κ1) is 27.6. The van der Waals surface area contributed by atoms with E-state index in [0.29, 0.717) is 40.3 Å². The van der Waals surface area contributed by atoms with E-state index in [4.69, 9.17) is 27.6 Å². The molecule has 0 spiro atoms. The number of piperazine rings is 1. The summed E-state index contributed by atoms with van der Waals surface area (Å²) in [6, 6.07) is 24.3. The number of aryl methyl sites for hydroxylation is 1. The number of rotatable bonds is 7. The molecule has 2 amide bonds. The van der Waals surface area contributed by atoms with E-state index < -0.39 is 0 Å². The van der Waals surface area contributed by atoms with Gasteiger partial charge in [0.05, 0.1) is 5.02 Å². The maximum Gasteiger partial charge on any atom is 0.253 e. The van der Waals surface area contributed by atoms with Crippen molar-refractivity contribution in [2.75, 3.05) is 36.4 Å². The lowest BCUT2D eigenvalue weighted by molar-refractivity contribution is -0.111. The molecule has 8 heteroatoms. The van der Waals surface area contributed by atoms with Crippen LogP contribution in [0.2, 0.25) is 10.0 Å². The Morgan fingerprint density at radius 2 is 1.62 bits per heavy atom. The number of furan rings is 1. The molecule has 0 atom stereocenters. The van der Waals surface area contributed by atoms with E-state index in [-0.39, 0.29) is 11.8 Å². The molecule has 0 aliphatic carbocycles. The van der Waals surface area contributed by atoms with Crippen molar-refractivity contribution in [2.45, 2.75) is 13.3 Å². The molecule has 2 heterocycles. The van der Waals surface area contributed by atoms with E-state index in [1.54, 1.807) is 36.4 Å². The lowest BCUT2D eigenvalue weighted by atomic mass is 10.1. The molecule has 0 bridgehead atoms. The van der Waals surface area contributed by atoms with Gasteiger partial charge in [-0.3, -0.25) is 9.59 Å². The van der Waals surface area contributed by atoms with Gasteiger partial charge in [-0.05, 0) is 84.8 Å². The highest BCUT2D eigenvalue weighted by Crippen LogP contribution is 2.31. The molecule has 4 aromatic rings. The average Bonchev–Trinajstić information content (AvgIpc) is 3.45. The van der Waals surface area contributed by atoms with Gasteiger partial charge in [-0.25, -0.2) is 0 Å². The van der Waals surface area contributed by atoms with Crippen LogP contribution in [0.5, 0.6) is 0 Å². The van der Waals surface area contributed by atoms with Crippen LogP contribution in [-0.4, -0.2) is 42.9 Å². The molecule has 204 valence electrons. The van der Waals surface area contributed by atoms with Gasteiger partial charge in [0, 0.05) is 59.8 Å². The monoisotopic (exact) mass is 573 g/mol. The molecule has 1 aliphatic rings. The van der Waals surface area contributed by atoms with Gasteiger partial charge in [0.2, 0.25) is 5.91 Å². The minimum Gasteiger partial charge on any atom is -0.457 e. The number of nitrogens with one attached hydrogen (secondary N) is 1. The normalized spacial score (nSPS) is 13.6. The summed E-state index contributed by atoms with van der Waals surface area (Å²) < 4.78 is 5.81. The second kappa shape index (κ2) is 12.5. The summed E-state index contributed by atoms with van der Waals surface area (Å²) in [5, 5.41) is 3.91. The van der Waals surface area contributed by atoms with Crippen LogP contribution in [0.4, 0.5) is 11.4 Å². The van der Waals surface area contributed by atoms with E-state index >= 15 is 0 Å². The standard InChI is InChI=1S/C32H29Cl2N3O3/c1-2-22-3-5-23(6-4-22)32(39)37-19-17-36(18-20-37)26-10-8-25(9-11-26)35-31(38)16-13-27-12-15-30(40-27)28-14-7-24(33)21-29(28)34/h3-16,21H,2,17-20H2,1H3,(H,35,38)/b16-13+. The van der Waals surface area contributed by atoms with E-state index in [1.165, 1.54) is 11.6 Å². The lowest BCUT2D eigenvalue weighted by Crippen LogP contribution is -2.48. The Kier molecular flexibility index (Phi) is 8.58. The van der Waals surface area contributed by atoms with Crippen molar-refractivity contribution >= 4 is 52.5 Å². The first-order valence-electron chi connectivity index (χ1n) is 13.2. The fourth-order valence-electron chi connectivity index (χ4n) is 4.61. The van der Waals surface area contributed by atoms with Crippen molar-refractivity contribution in [3.8, 4) is 11.3 Å². The summed E-state index contributed by atoms with van der Waals surface area (Å²) in [4.78, 5) is 29.5. The number of carbonyl (C=O) groups is 2.